The van der Waals surface area contributed by atoms with Crippen molar-refractivity contribution < 1.29 is 18.0 Å². The number of hydrogen-bond donors (Lipinski definition) is 1. The minimum absolute atomic E-state index is 0.333. The van der Waals surface area contributed by atoms with Crippen LogP contribution >= 0.6 is 11.6 Å². The number of halogens is 4. The molecule has 20 heavy (non-hydrogen) atoms. The van der Waals surface area contributed by atoms with Gasteiger partial charge in [-0.25, -0.2) is 0 Å². The van der Waals surface area contributed by atoms with E-state index in [4.69, 9.17) is 11.6 Å². The average molecular weight is 308 g/mol. The molecule has 0 unspecified atom stereocenters. The SMILES string of the molecule is O=C(NCCCCCCCl)c1ccccc1C(F)(F)F. The maximum atomic E-state index is 12.7. The molecule has 0 radical (unpaired) electrons. The van der Waals surface area contributed by atoms with Crippen molar-refractivity contribution in [3.63, 3.8) is 0 Å². The number of alkyl halides is 4. The van der Waals surface area contributed by atoms with Gasteiger partial charge in [-0.15, -0.1) is 11.6 Å². The van der Waals surface area contributed by atoms with Crippen LogP contribution in [0.5, 0.6) is 0 Å². The standard InChI is InChI=1S/C14H17ClF3NO/c15-9-5-1-2-6-10-19-13(20)11-7-3-4-8-12(11)14(16,17)18/h3-4,7-8H,1-2,5-6,9-10H2,(H,19,20). The molecule has 1 aromatic carbocycles. The first kappa shape index (κ1) is 16.8. The van der Waals surface area contributed by atoms with Gasteiger partial charge < -0.3 is 5.32 Å². The monoisotopic (exact) mass is 307 g/mol. The van der Waals surface area contributed by atoms with Crippen LogP contribution in [0.15, 0.2) is 24.3 Å². The first-order valence-corrected chi connectivity index (χ1v) is 7.00. The summed E-state index contributed by atoms with van der Waals surface area (Å²) in [5.74, 6) is -0.0824. The van der Waals surface area contributed by atoms with Crippen molar-refractivity contribution in [1.29, 1.82) is 0 Å². The van der Waals surface area contributed by atoms with E-state index < -0.39 is 17.6 Å². The lowest BCUT2D eigenvalue weighted by molar-refractivity contribution is -0.137. The Labute approximate surface area is 121 Å². The molecule has 0 aromatic heterocycles. The largest absolute Gasteiger partial charge is 0.417 e. The number of amides is 1. The third kappa shape index (κ3) is 5.41. The first-order valence-electron chi connectivity index (χ1n) is 6.47. The highest BCUT2D eigenvalue weighted by molar-refractivity contribution is 6.17. The van der Waals surface area contributed by atoms with Gasteiger partial charge in [-0.1, -0.05) is 25.0 Å². The number of nitrogens with one attached hydrogen (secondary N) is 1. The third-order valence-electron chi connectivity index (χ3n) is 2.82. The molecule has 1 aromatic rings. The molecular formula is C14H17ClF3NO. The second-order valence-corrected chi connectivity index (χ2v) is 4.78. The highest BCUT2D eigenvalue weighted by Crippen LogP contribution is 2.31. The van der Waals surface area contributed by atoms with Gasteiger partial charge in [0.25, 0.3) is 5.91 Å². The Morgan fingerprint density at radius 2 is 1.75 bits per heavy atom. The Hall–Kier alpha value is -1.23. The second kappa shape index (κ2) is 8.15. The molecule has 1 amide bonds. The lowest BCUT2D eigenvalue weighted by atomic mass is 10.1. The predicted molar refractivity (Wildman–Crippen MR) is 73.0 cm³/mol. The Bertz CT molecular complexity index is 435. The van der Waals surface area contributed by atoms with E-state index in [0.717, 1.165) is 31.7 Å². The van der Waals surface area contributed by atoms with Gasteiger partial charge in [0, 0.05) is 12.4 Å². The van der Waals surface area contributed by atoms with Gasteiger partial charge in [0.15, 0.2) is 0 Å². The van der Waals surface area contributed by atoms with Crippen molar-refractivity contribution in [2.75, 3.05) is 12.4 Å². The van der Waals surface area contributed by atoms with Crippen LogP contribution in [-0.4, -0.2) is 18.3 Å². The lowest BCUT2D eigenvalue weighted by Gasteiger charge is -2.12. The second-order valence-electron chi connectivity index (χ2n) is 4.40. The van der Waals surface area contributed by atoms with Crippen molar-refractivity contribution in [3.05, 3.63) is 35.4 Å². The maximum Gasteiger partial charge on any atom is 0.417 e. The zero-order valence-corrected chi connectivity index (χ0v) is 11.7. The first-order chi connectivity index (χ1) is 9.46. The average Bonchev–Trinajstić information content (AvgIpc) is 2.41. The summed E-state index contributed by atoms with van der Waals surface area (Å²) in [6.45, 7) is 0.368. The molecule has 0 spiro atoms. The topological polar surface area (TPSA) is 29.1 Å². The smallest absolute Gasteiger partial charge is 0.352 e. The van der Waals surface area contributed by atoms with E-state index in [1.807, 2.05) is 0 Å². The quantitative estimate of drug-likeness (QED) is 0.592. The van der Waals surface area contributed by atoms with Crippen LogP contribution in [0.3, 0.4) is 0 Å². The fourth-order valence-electron chi connectivity index (χ4n) is 1.80. The number of benzene rings is 1. The van der Waals surface area contributed by atoms with Gasteiger partial charge in [-0.2, -0.15) is 13.2 Å². The van der Waals surface area contributed by atoms with Crippen molar-refractivity contribution in [1.82, 2.24) is 5.32 Å². The van der Waals surface area contributed by atoms with Gasteiger partial charge in [0.2, 0.25) is 0 Å². The number of unbranched alkanes of at least 4 members (excludes halogenated alkanes) is 3. The van der Waals surface area contributed by atoms with Gasteiger partial charge in [-0.05, 0) is 25.0 Å². The normalized spacial score (nSPS) is 11.4. The highest BCUT2D eigenvalue weighted by Gasteiger charge is 2.34. The molecule has 0 aliphatic heterocycles. The number of carbonyl (C=O) groups excluding carboxylic acids is 1. The molecule has 0 saturated carbocycles. The summed E-state index contributed by atoms with van der Waals surface area (Å²) in [5.41, 5.74) is -1.24. The fourth-order valence-corrected chi connectivity index (χ4v) is 1.99. The zero-order chi connectivity index (χ0) is 15.0. The summed E-state index contributed by atoms with van der Waals surface area (Å²) in [6, 6.07) is 4.79. The van der Waals surface area contributed by atoms with Crippen LogP contribution in [0, 0.1) is 0 Å². The van der Waals surface area contributed by atoms with E-state index in [2.05, 4.69) is 5.32 Å². The van der Waals surface area contributed by atoms with Crippen LogP contribution in [0.25, 0.3) is 0 Å². The summed E-state index contributed by atoms with van der Waals surface area (Å²) < 4.78 is 38.2. The minimum Gasteiger partial charge on any atom is -0.352 e. The molecule has 0 aliphatic carbocycles. The van der Waals surface area contributed by atoms with E-state index in [9.17, 15) is 18.0 Å². The Balaban J connectivity index is 2.52. The van der Waals surface area contributed by atoms with Crippen molar-refractivity contribution in [3.8, 4) is 0 Å². The van der Waals surface area contributed by atoms with Crippen molar-refractivity contribution in [2.24, 2.45) is 0 Å². The maximum absolute atomic E-state index is 12.7. The minimum atomic E-state index is -4.52. The predicted octanol–water partition coefficient (Wildman–Crippen LogP) is 4.23. The van der Waals surface area contributed by atoms with Gasteiger partial charge in [0.05, 0.1) is 11.1 Å². The Morgan fingerprint density at radius 1 is 1.10 bits per heavy atom. The molecule has 0 saturated heterocycles. The fraction of sp³-hybridized carbons (Fsp3) is 0.500. The summed E-state index contributed by atoms with van der Waals surface area (Å²) in [6.07, 6.45) is -1.02. The number of hydrogen-bond acceptors (Lipinski definition) is 1. The van der Waals surface area contributed by atoms with E-state index in [0.29, 0.717) is 12.4 Å². The van der Waals surface area contributed by atoms with E-state index in [1.54, 1.807) is 0 Å². The van der Waals surface area contributed by atoms with Gasteiger partial charge in [-0.3, -0.25) is 4.79 Å². The van der Waals surface area contributed by atoms with Crippen LogP contribution in [0.4, 0.5) is 13.2 Å². The van der Waals surface area contributed by atoms with Crippen LogP contribution in [0.2, 0.25) is 0 Å². The highest BCUT2D eigenvalue weighted by atomic mass is 35.5. The molecule has 112 valence electrons. The molecule has 0 aliphatic rings. The van der Waals surface area contributed by atoms with Gasteiger partial charge >= 0.3 is 6.18 Å². The Kier molecular flexibility index (Phi) is 6.85. The summed E-state index contributed by atoms with van der Waals surface area (Å²) in [5, 5.41) is 2.52. The third-order valence-corrected chi connectivity index (χ3v) is 3.09. The molecule has 6 heteroatoms. The van der Waals surface area contributed by atoms with E-state index in [-0.39, 0.29) is 5.56 Å². The summed E-state index contributed by atoms with van der Waals surface area (Å²) >= 11 is 5.53. The molecular weight excluding hydrogens is 291 g/mol. The van der Waals surface area contributed by atoms with Crippen LogP contribution in [0.1, 0.15) is 41.6 Å². The van der Waals surface area contributed by atoms with Crippen molar-refractivity contribution in [2.45, 2.75) is 31.9 Å². The zero-order valence-electron chi connectivity index (χ0n) is 11.0. The van der Waals surface area contributed by atoms with Crippen LogP contribution < -0.4 is 5.32 Å². The van der Waals surface area contributed by atoms with Crippen molar-refractivity contribution >= 4 is 17.5 Å². The number of carbonyl (C=O) groups is 1. The lowest BCUT2D eigenvalue weighted by Crippen LogP contribution is -2.27. The van der Waals surface area contributed by atoms with E-state index in [1.165, 1.54) is 18.2 Å². The molecule has 0 bridgehead atoms. The van der Waals surface area contributed by atoms with Crippen LogP contribution in [-0.2, 0) is 6.18 Å². The molecule has 0 fully saturated rings. The molecule has 1 rings (SSSR count). The summed E-state index contributed by atoms with van der Waals surface area (Å²) in [4.78, 5) is 11.8. The molecule has 2 nitrogen and oxygen atoms in total. The Morgan fingerprint density at radius 3 is 2.40 bits per heavy atom. The number of rotatable bonds is 7. The molecule has 1 N–H and O–H groups in total. The molecule has 0 atom stereocenters. The van der Waals surface area contributed by atoms with Gasteiger partial charge in [0.1, 0.15) is 0 Å². The summed E-state index contributed by atoms with van der Waals surface area (Å²) in [7, 11) is 0. The molecule has 0 heterocycles. The van der Waals surface area contributed by atoms with E-state index >= 15 is 0 Å².